The third-order valence-corrected chi connectivity index (χ3v) is 3.82. The summed E-state index contributed by atoms with van der Waals surface area (Å²) in [6.45, 7) is 5.59. The van der Waals surface area contributed by atoms with Gasteiger partial charge in [0.2, 0.25) is 0 Å². The first kappa shape index (κ1) is 15.0. The van der Waals surface area contributed by atoms with Crippen molar-refractivity contribution in [2.75, 3.05) is 0 Å². The summed E-state index contributed by atoms with van der Waals surface area (Å²) in [5.74, 6) is 0.805. The van der Waals surface area contributed by atoms with Crippen LogP contribution in [-0.2, 0) is 6.42 Å². The fourth-order valence-electron chi connectivity index (χ4n) is 2.70. The number of hydrogen-bond acceptors (Lipinski definition) is 5. The molecule has 2 aromatic heterocycles. The molecule has 23 heavy (non-hydrogen) atoms. The third-order valence-electron chi connectivity index (χ3n) is 3.82. The molecule has 1 aromatic carbocycles. The van der Waals surface area contributed by atoms with Gasteiger partial charge in [-0.05, 0) is 44.5 Å². The summed E-state index contributed by atoms with van der Waals surface area (Å²) < 4.78 is 6.96. The Morgan fingerprint density at radius 3 is 2.48 bits per heavy atom. The quantitative estimate of drug-likeness (QED) is 0.748. The summed E-state index contributed by atoms with van der Waals surface area (Å²) in [7, 11) is 0. The normalized spacial score (nSPS) is 10.9. The number of rotatable bonds is 4. The van der Waals surface area contributed by atoms with E-state index in [1.54, 1.807) is 28.9 Å². The number of aldehydes is 1. The highest BCUT2D eigenvalue weighted by atomic mass is 16.5. The van der Waals surface area contributed by atoms with Crippen LogP contribution < -0.4 is 0 Å². The molecule has 3 rings (SSSR count). The Morgan fingerprint density at radius 2 is 1.96 bits per heavy atom. The standard InChI is InChI=1S/C17H17N3O3/c1-4-15-14(9-21)17(16-10(2)19-23-11(16)3)20(18-15)12-5-7-13(22)8-6-12/h5-9,22H,4H2,1-3H3. The van der Waals surface area contributed by atoms with E-state index < -0.39 is 0 Å². The SMILES string of the molecule is CCc1nn(-c2ccc(O)cc2)c(-c2c(C)noc2C)c1C=O. The lowest BCUT2D eigenvalue weighted by Gasteiger charge is -2.08. The Kier molecular flexibility index (Phi) is 3.73. The van der Waals surface area contributed by atoms with Crippen LogP contribution in [0.3, 0.4) is 0 Å². The highest BCUT2D eigenvalue weighted by Crippen LogP contribution is 2.33. The van der Waals surface area contributed by atoms with Gasteiger partial charge in [-0.1, -0.05) is 12.1 Å². The molecule has 3 aromatic rings. The van der Waals surface area contributed by atoms with Crippen molar-refractivity contribution in [3.63, 3.8) is 0 Å². The van der Waals surface area contributed by atoms with Gasteiger partial charge in [-0.25, -0.2) is 4.68 Å². The number of carbonyl (C=O) groups is 1. The van der Waals surface area contributed by atoms with Crippen LogP contribution in [0.5, 0.6) is 5.75 Å². The third kappa shape index (κ3) is 2.42. The molecule has 0 atom stereocenters. The highest BCUT2D eigenvalue weighted by molar-refractivity contribution is 5.89. The number of nitrogens with zero attached hydrogens (tertiary/aromatic N) is 3. The van der Waals surface area contributed by atoms with E-state index in [-0.39, 0.29) is 5.75 Å². The predicted octanol–water partition coefficient (Wildman–Crippen LogP) is 3.22. The van der Waals surface area contributed by atoms with E-state index in [2.05, 4.69) is 10.3 Å². The van der Waals surface area contributed by atoms with Crippen molar-refractivity contribution in [2.24, 2.45) is 0 Å². The number of phenolic OH excluding ortho intramolecular Hbond substituents is 1. The molecule has 0 saturated heterocycles. The van der Waals surface area contributed by atoms with Crippen molar-refractivity contribution in [3.05, 3.63) is 47.0 Å². The van der Waals surface area contributed by atoms with Crippen LogP contribution in [0.25, 0.3) is 16.9 Å². The van der Waals surface area contributed by atoms with Gasteiger partial charge in [0.1, 0.15) is 11.5 Å². The molecule has 2 heterocycles. The summed E-state index contributed by atoms with van der Waals surface area (Å²) in [5.41, 5.74) is 4.14. The van der Waals surface area contributed by atoms with E-state index in [1.807, 2.05) is 20.8 Å². The maximum absolute atomic E-state index is 11.7. The predicted molar refractivity (Wildman–Crippen MR) is 85.0 cm³/mol. The van der Waals surface area contributed by atoms with Crippen molar-refractivity contribution in [1.29, 1.82) is 0 Å². The summed E-state index contributed by atoms with van der Waals surface area (Å²) in [5, 5.41) is 18.0. The number of benzene rings is 1. The summed E-state index contributed by atoms with van der Waals surface area (Å²) in [4.78, 5) is 11.7. The van der Waals surface area contributed by atoms with Crippen LogP contribution in [0.4, 0.5) is 0 Å². The molecule has 6 nitrogen and oxygen atoms in total. The number of phenols is 1. The Bertz CT molecular complexity index is 841. The average Bonchev–Trinajstić information content (AvgIpc) is 3.07. The van der Waals surface area contributed by atoms with Crippen molar-refractivity contribution >= 4 is 6.29 Å². The van der Waals surface area contributed by atoms with Crippen LogP contribution in [0, 0.1) is 13.8 Å². The second-order valence-electron chi connectivity index (χ2n) is 5.31. The minimum absolute atomic E-state index is 0.172. The smallest absolute Gasteiger partial charge is 0.154 e. The maximum Gasteiger partial charge on any atom is 0.154 e. The molecular weight excluding hydrogens is 294 g/mol. The van der Waals surface area contributed by atoms with Crippen molar-refractivity contribution < 1.29 is 14.4 Å². The molecule has 0 amide bonds. The molecule has 118 valence electrons. The van der Waals surface area contributed by atoms with Gasteiger partial charge in [-0.3, -0.25) is 4.79 Å². The lowest BCUT2D eigenvalue weighted by molar-refractivity contribution is 0.112. The summed E-state index contributed by atoms with van der Waals surface area (Å²) in [6.07, 6.45) is 1.46. The summed E-state index contributed by atoms with van der Waals surface area (Å²) in [6, 6.07) is 6.66. The second kappa shape index (κ2) is 5.72. The van der Waals surface area contributed by atoms with Crippen LogP contribution in [-0.4, -0.2) is 26.3 Å². The van der Waals surface area contributed by atoms with Gasteiger partial charge in [-0.2, -0.15) is 5.10 Å². The molecule has 0 unspecified atom stereocenters. The van der Waals surface area contributed by atoms with Gasteiger partial charge < -0.3 is 9.63 Å². The number of aromatic hydroxyl groups is 1. The lowest BCUT2D eigenvalue weighted by atomic mass is 10.0. The molecule has 0 radical (unpaired) electrons. The first-order valence-corrected chi connectivity index (χ1v) is 7.36. The van der Waals surface area contributed by atoms with E-state index in [1.165, 1.54) is 0 Å². The molecule has 6 heteroatoms. The van der Waals surface area contributed by atoms with E-state index in [9.17, 15) is 9.90 Å². The zero-order valence-corrected chi connectivity index (χ0v) is 13.2. The fraction of sp³-hybridized carbons (Fsp3) is 0.235. The van der Waals surface area contributed by atoms with Crippen molar-refractivity contribution in [2.45, 2.75) is 27.2 Å². The van der Waals surface area contributed by atoms with E-state index in [0.29, 0.717) is 34.8 Å². The van der Waals surface area contributed by atoms with Gasteiger partial charge in [0.25, 0.3) is 0 Å². The van der Waals surface area contributed by atoms with Gasteiger partial charge in [0, 0.05) is 0 Å². The Labute approximate surface area is 133 Å². The van der Waals surface area contributed by atoms with Crippen molar-refractivity contribution in [3.8, 4) is 22.7 Å². The van der Waals surface area contributed by atoms with Gasteiger partial charge >= 0.3 is 0 Å². The molecule has 0 aliphatic carbocycles. The number of aromatic nitrogens is 3. The first-order chi connectivity index (χ1) is 11.1. The van der Waals surface area contributed by atoms with Gasteiger partial charge in [0.15, 0.2) is 6.29 Å². The number of carbonyl (C=O) groups excluding carboxylic acids is 1. The average molecular weight is 311 g/mol. The van der Waals surface area contributed by atoms with E-state index >= 15 is 0 Å². The van der Waals surface area contributed by atoms with Crippen LogP contribution in [0.2, 0.25) is 0 Å². The molecular formula is C17H17N3O3. The minimum atomic E-state index is 0.172. The zero-order valence-electron chi connectivity index (χ0n) is 13.2. The minimum Gasteiger partial charge on any atom is -0.508 e. The first-order valence-electron chi connectivity index (χ1n) is 7.36. The zero-order chi connectivity index (χ0) is 16.6. The number of aryl methyl sites for hydroxylation is 3. The largest absolute Gasteiger partial charge is 0.508 e. The van der Waals surface area contributed by atoms with E-state index in [0.717, 1.165) is 17.5 Å². The van der Waals surface area contributed by atoms with Gasteiger partial charge in [-0.15, -0.1) is 0 Å². The molecule has 0 bridgehead atoms. The Balaban J connectivity index is 2.34. The maximum atomic E-state index is 11.7. The molecule has 0 aliphatic heterocycles. The topological polar surface area (TPSA) is 81.2 Å². The fourth-order valence-corrected chi connectivity index (χ4v) is 2.70. The Morgan fingerprint density at radius 1 is 1.26 bits per heavy atom. The highest BCUT2D eigenvalue weighted by Gasteiger charge is 2.24. The van der Waals surface area contributed by atoms with Crippen LogP contribution >= 0.6 is 0 Å². The molecule has 0 aliphatic rings. The monoisotopic (exact) mass is 311 g/mol. The molecule has 1 N–H and O–H groups in total. The van der Waals surface area contributed by atoms with E-state index in [4.69, 9.17) is 4.52 Å². The van der Waals surface area contributed by atoms with Crippen LogP contribution in [0.15, 0.2) is 28.8 Å². The van der Waals surface area contributed by atoms with Crippen molar-refractivity contribution in [1.82, 2.24) is 14.9 Å². The van der Waals surface area contributed by atoms with Gasteiger partial charge in [0.05, 0.1) is 33.9 Å². The molecule has 0 spiro atoms. The lowest BCUT2D eigenvalue weighted by Crippen LogP contribution is -2.01. The Hall–Kier alpha value is -2.89. The summed E-state index contributed by atoms with van der Waals surface area (Å²) >= 11 is 0. The number of hydrogen-bond donors (Lipinski definition) is 1. The molecule has 0 saturated carbocycles. The molecule has 0 fully saturated rings. The van der Waals surface area contributed by atoms with Crippen LogP contribution in [0.1, 0.15) is 34.4 Å². The second-order valence-corrected chi connectivity index (χ2v) is 5.31.